The van der Waals surface area contributed by atoms with Crippen LogP contribution in [0.25, 0.3) is 11.4 Å². The number of carbonyl (C=O) groups is 3. The second-order valence-electron chi connectivity index (χ2n) is 8.10. The van der Waals surface area contributed by atoms with E-state index in [0.29, 0.717) is 31.6 Å². The third-order valence-corrected chi connectivity index (χ3v) is 5.50. The lowest BCUT2D eigenvalue weighted by molar-refractivity contribution is -0.138. The summed E-state index contributed by atoms with van der Waals surface area (Å²) in [7, 11) is 0. The zero-order valence-electron chi connectivity index (χ0n) is 18.3. The van der Waals surface area contributed by atoms with Crippen molar-refractivity contribution in [2.75, 3.05) is 0 Å². The van der Waals surface area contributed by atoms with Gasteiger partial charge in [-0.15, -0.1) is 10.2 Å². The lowest BCUT2D eigenvalue weighted by Crippen LogP contribution is -2.48. The van der Waals surface area contributed by atoms with Crippen LogP contribution in [0.2, 0.25) is 0 Å². The minimum atomic E-state index is -1.07. The quantitative estimate of drug-likeness (QED) is 0.485. The van der Waals surface area contributed by atoms with Crippen molar-refractivity contribution in [1.29, 1.82) is 0 Å². The Morgan fingerprint density at radius 2 is 1.76 bits per heavy atom. The molecule has 10 heteroatoms. The summed E-state index contributed by atoms with van der Waals surface area (Å²) in [6, 6.07) is 18.6. The van der Waals surface area contributed by atoms with Crippen molar-refractivity contribution in [3.8, 4) is 11.4 Å². The maximum Gasteiger partial charge on any atom is 0.344 e. The van der Waals surface area contributed by atoms with Crippen LogP contribution < -0.4 is 10.7 Å². The summed E-state index contributed by atoms with van der Waals surface area (Å²) in [5, 5.41) is 15.8. The molecule has 1 aromatic heterocycles. The molecule has 2 N–H and O–H groups in total. The Bertz CT molecular complexity index is 1130. The van der Waals surface area contributed by atoms with Crippen LogP contribution in [0.4, 0.5) is 4.79 Å². The zero-order chi connectivity index (χ0) is 23.3. The molecule has 0 saturated carbocycles. The summed E-state index contributed by atoms with van der Waals surface area (Å²) >= 11 is 0. The lowest BCUT2D eigenvalue weighted by atomic mass is 9.93. The van der Waals surface area contributed by atoms with Crippen molar-refractivity contribution < 1.29 is 14.4 Å². The van der Waals surface area contributed by atoms with E-state index < -0.39 is 23.4 Å². The van der Waals surface area contributed by atoms with Gasteiger partial charge in [0.1, 0.15) is 5.54 Å². The van der Waals surface area contributed by atoms with Crippen LogP contribution in [-0.2, 0) is 22.6 Å². The van der Waals surface area contributed by atoms with Crippen LogP contribution in [-0.4, -0.2) is 48.6 Å². The monoisotopic (exact) mass is 447 g/mol. The van der Waals surface area contributed by atoms with Gasteiger partial charge >= 0.3 is 6.03 Å². The first-order valence-electron chi connectivity index (χ1n) is 10.8. The van der Waals surface area contributed by atoms with E-state index in [0.717, 1.165) is 16.1 Å². The number of nitrogens with one attached hydrogen (secondary N) is 2. The van der Waals surface area contributed by atoms with E-state index in [9.17, 15) is 14.4 Å². The highest BCUT2D eigenvalue weighted by molar-refractivity contribution is 6.07. The fourth-order valence-corrected chi connectivity index (χ4v) is 3.60. The molecule has 2 aromatic carbocycles. The highest BCUT2D eigenvalue weighted by Crippen LogP contribution is 2.22. The van der Waals surface area contributed by atoms with Gasteiger partial charge in [-0.1, -0.05) is 60.7 Å². The summed E-state index contributed by atoms with van der Waals surface area (Å²) in [4.78, 5) is 38.9. The van der Waals surface area contributed by atoms with Crippen LogP contribution >= 0.6 is 0 Å². The molecule has 33 heavy (non-hydrogen) atoms. The SMILES string of the molecule is CC1(CCc2ccccc2)NC(=O)N(NC(=O)CCCn2nnc(-c3ccccc3)n2)C1=O. The van der Waals surface area contributed by atoms with E-state index in [-0.39, 0.29) is 6.42 Å². The van der Waals surface area contributed by atoms with Gasteiger partial charge in [0.15, 0.2) is 0 Å². The second-order valence-corrected chi connectivity index (χ2v) is 8.10. The Balaban J connectivity index is 1.25. The summed E-state index contributed by atoms with van der Waals surface area (Å²) in [6.07, 6.45) is 1.57. The largest absolute Gasteiger partial charge is 0.344 e. The van der Waals surface area contributed by atoms with Gasteiger partial charge in [0, 0.05) is 12.0 Å². The molecule has 170 valence electrons. The Hall–Kier alpha value is -4.08. The van der Waals surface area contributed by atoms with E-state index >= 15 is 0 Å². The average molecular weight is 447 g/mol. The van der Waals surface area contributed by atoms with Gasteiger partial charge in [-0.2, -0.15) is 9.81 Å². The third-order valence-electron chi connectivity index (χ3n) is 5.50. The molecule has 1 aliphatic rings. The number of tetrazole rings is 1. The number of aromatic nitrogens is 4. The summed E-state index contributed by atoms with van der Waals surface area (Å²) in [5.41, 5.74) is 3.27. The molecular formula is C23H25N7O3. The minimum absolute atomic E-state index is 0.0972. The number of hydrogen-bond acceptors (Lipinski definition) is 6. The van der Waals surface area contributed by atoms with Crippen LogP contribution in [0, 0.1) is 0 Å². The maximum absolute atomic E-state index is 12.8. The van der Waals surface area contributed by atoms with Crippen molar-refractivity contribution in [1.82, 2.24) is 36.0 Å². The summed E-state index contributed by atoms with van der Waals surface area (Å²) in [5.74, 6) is -0.398. The van der Waals surface area contributed by atoms with Crippen molar-refractivity contribution in [3.05, 3.63) is 66.2 Å². The molecule has 0 spiro atoms. The number of hydrazine groups is 1. The van der Waals surface area contributed by atoms with Crippen molar-refractivity contribution >= 4 is 17.8 Å². The maximum atomic E-state index is 12.8. The summed E-state index contributed by atoms with van der Waals surface area (Å²) < 4.78 is 0. The molecule has 3 aromatic rings. The molecule has 0 aliphatic carbocycles. The van der Waals surface area contributed by atoms with Crippen LogP contribution in [0.5, 0.6) is 0 Å². The molecule has 1 unspecified atom stereocenters. The van der Waals surface area contributed by atoms with E-state index in [4.69, 9.17) is 0 Å². The molecule has 1 atom stereocenters. The normalized spacial score (nSPS) is 17.8. The fourth-order valence-electron chi connectivity index (χ4n) is 3.60. The van der Waals surface area contributed by atoms with Gasteiger partial charge in [0.05, 0.1) is 6.54 Å². The highest BCUT2D eigenvalue weighted by Gasteiger charge is 2.48. The Kier molecular flexibility index (Phi) is 6.43. The molecule has 1 saturated heterocycles. The van der Waals surface area contributed by atoms with Gasteiger partial charge in [-0.3, -0.25) is 15.0 Å². The number of benzene rings is 2. The summed E-state index contributed by atoms with van der Waals surface area (Å²) in [6.45, 7) is 2.05. The Morgan fingerprint density at radius 3 is 2.48 bits per heavy atom. The van der Waals surface area contributed by atoms with Crippen molar-refractivity contribution in [2.24, 2.45) is 0 Å². The molecule has 10 nitrogen and oxygen atoms in total. The fraction of sp³-hybridized carbons (Fsp3) is 0.304. The predicted octanol–water partition coefficient (Wildman–Crippen LogP) is 2.09. The number of hydrogen-bond donors (Lipinski definition) is 2. The number of urea groups is 1. The number of rotatable bonds is 9. The van der Waals surface area contributed by atoms with Gasteiger partial charge < -0.3 is 5.32 Å². The average Bonchev–Trinajstić information content (AvgIpc) is 3.38. The Labute approximate surface area is 190 Å². The van der Waals surface area contributed by atoms with Gasteiger partial charge in [0.25, 0.3) is 5.91 Å². The topological polar surface area (TPSA) is 122 Å². The van der Waals surface area contributed by atoms with E-state index in [1.165, 1.54) is 4.80 Å². The van der Waals surface area contributed by atoms with Crippen LogP contribution in [0.1, 0.15) is 31.7 Å². The number of carbonyl (C=O) groups excluding carboxylic acids is 3. The zero-order valence-corrected chi connectivity index (χ0v) is 18.3. The highest BCUT2D eigenvalue weighted by atomic mass is 16.2. The van der Waals surface area contributed by atoms with Crippen LogP contribution in [0.15, 0.2) is 60.7 Å². The molecule has 4 rings (SSSR count). The van der Waals surface area contributed by atoms with Crippen molar-refractivity contribution in [3.63, 3.8) is 0 Å². The first-order chi connectivity index (χ1) is 15.9. The number of amides is 4. The molecule has 2 heterocycles. The minimum Gasteiger partial charge on any atom is -0.322 e. The number of nitrogens with zero attached hydrogens (tertiary/aromatic N) is 5. The second kappa shape index (κ2) is 9.60. The van der Waals surface area contributed by atoms with Gasteiger partial charge in [-0.25, -0.2) is 4.79 Å². The molecule has 1 aliphatic heterocycles. The van der Waals surface area contributed by atoms with Gasteiger partial charge in [0.2, 0.25) is 11.7 Å². The van der Waals surface area contributed by atoms with E-state index in [2.05, 4.69) is 26.2 Å². The number of aryl methyl sites for hydroxylation is 2. The smallest absolute Gasteiger partial charge is 0.322 e. The molecule has 0 radical (unpaired) electrons. The number of imide groups is 1. The molecular weight excluding hydrogens is 422 g/mol. The van der Waals surface area contributed by atoms with Crippen LogP contribution in [0.3, 0.4) is 0 Å². The first kappa shape index (κ1) is 22.1. The lowest BCUT2D eigenvalue weighted by Gasteiger charge is -2.21. The van der Waals surface area contributed by atoms with Crippen molar-refractivity contribution in [2.45, 2.75) is 44.7 Å². The Morgan fingerprint density at radius 1 is 1.06 bits per heavy atom. The van der Waals surface area contributed by atoms with E-state index in [1.807, 2.05) is 60.7 Å². The molecule has 0 bridgehead atoms. The van der Waals surface area contributed by atoms with Gasteiger partial charge in [-0.05, 0) is 37.0 Å². The molecule has 1 fully saturated rings. The predicted molar refractivity (Wildman–Crippen MR) is 119 cm³/mol. The molecule has 4 amide bonds. The first-order valence-corrected chi connectivity index (χ1v) is 10.8. The third kappa shape index (κ3) is 5.22. The standard InChI is InChI=1S/C23H25N7O3/c1-23(15-14-17-9-4-2-5-10-17)21(32)30(22(33)24-23)26-19(31)13-8-16-29-27-20(25-28-29)18-11-6-3-7-12-18/h2-7,9-12H,8,13-16H2,1H3,(H,24,33)(H,26,31). The van der Waals surface area contributed by atoms with E-state index in [1.54, 1.807) is 6.92 Å².